The highest BCUT2D eigenvalue weighted by Crippen LogP contribution is 2.06. The Morgan fingerprint density at radius 3 is 1.92 bits per heavy atom. The molecule has 0 aliphatic carbocycles. The van der Waals surface area contributed by atoms with Crippen LogP contribution in [0.25, 0.3) is 0 Å². The van der Waals surface area contributed by atoms with Crippen molar-refractivity contribution in [3.63, 3.8) is 0 Å². The zero-order valence-corrected chi connectivity index (χ0v) is 8.65. The zero-order valence-electron chi connectivity index (χ0n) is 8.65. The van der Waals surface area contributed by atoms with Gasteiger partial charge in [0, 0.05) is 0 Å². The summed E-state index contributed by atoms with van der Waals surface area (Å²) in [5, 5.41) is 0. The van der Waals surface area contributed by atoms with Crippen LogP contribution in [0.15, 0.2) is 25.8 Å². The molecule has 0 aromatic rings. The van der Waals surface area contributed by atoms with E-state index in [2.05, 4.69) is 26.7 Å². The lowest BCUT2D eigenvalue weighted by Gasteiger charge is -1.96. The predicted molar refractivity (Wildman–Crippen MR) is 59.4 cm³/mol. The van der Waals surface area contributed by atoms with Crippen molar-refractivity contribution in [2.45, 2.75) is 51.9 Å². The highest BCUT2D eigenvalue weighted by molar-refractivity contribution is 4.65. The molecule has 0 atom stereocenters. The SMILES string of the molecule is C=C.C=CCCCCCCCC. The molecule has 0 heteroatoms. The van der Waals surface area contributed by atoms with Gasteiger partial charge in [-0.1, -0.05) is 45.1 Å². The molecule has 0 fully saturated rings. The van der Waals surface area contributed by atoms with Gasteiger partial charge in [0.15, 0.2) is 0 Å². The Hall–Kier alpha value is -0.520. The van der Waals surface area contributed by atoms with Gasteiger partial charge in [-0.25, -0.2) is 0 Å². The molecule has 0 rings (SSSR count). The first kappa shape index (κ1) is 14.0. The maximum atomic E-state index is 3.69. The van der Waals surface area contributed by atoms with Crippen LogP contribution in [0.3, 0.4) is 0 Å². The average Bonchev–Trinajstić information content (AvgIpc) is 2.15. The van der Waals surface area contributed by atoms with Gasteiger partial charge in [0.05, 0.1) is 0 Å². The monoisotopic (exact) mass is 168 g/mol. The van der Waals surface area contributed by atoms with E-state index in [1.54, 1.807) is 0 Å². The van der Waals surface area contributed by atoms with Crippen molar-refractivity contribution in [3.05, 3.63) is 25.8 Å². The Bertz CT molecular complexity index is 74.1. The molecule has 0 spiro atoms. The van der Waals surface area contributed by atoms with Crippen molar-refractivity contribution in [2.24, 2.45) is 0 Å². The van der Waals surface area contributed by atoms with E-state index < -0.39 is 0 Å². The molecule has 72 valence electrons. The normalized spacial score (nSPS) is 8.42. The summed E-state index contributed by atoms with van der Waals surface area (Å²) in [6.45, 7) is 11.9. The summed E-state index contributed by atoms with van der Waals surface area (Å²) in [4.78, 5) is 0. The van der Waals surface area contributed by atoms with Crippen LogP contribution in [-0.4, -0.2) is 0 Å². The second kappa shape index (κ2) is 16.8. The molecule has 0 amide bonds. The van der Waals surface area contributed by atoms with Gasteiger partial charge in [0.2, 0.25) is 0 Å². The molecule has 0 radical (unpaired) electrons. The van der Waals surface area contributed by atoms with Gasteiger partial charge in [-0.2, -0.15) is 0 Å². The molecular formula is C12H24. The van der Waals surface area contributed by atoms with Crippen molar-refractivity contribution in [3.8, 4) is 0 Å². The third-order valence-electron chi connectivity index (χ3n) is 1.76. The predicted octanol–water partition coefficient (Wildman–Crippen LogP) is 4.73. The summed E-state index contributed by atoms with van der Waals surface area (Å²) in [5.74, 6) is 0. The van der Waals surface area contributed by atoms with Crippen LogP contribution in [0.2, 0.25) is 0 Å². The summed E-state index contributed by atoms with van der Waals surface area (Å²) < 4.78 is 0. The Balaban J connectivity index is 0. The highest BCUT2D eigenvalue weighted by Gasteiger charge is 1.86. The van der Waals surface area contributed by atoms with E-state index in [-0.39, 0.29) is 0 Å². The van der Waals surface area contributed by atoms with Gasteiger partial charge in [0.25, 0.3) is 0 Å². The summed E-state index contributed by atoms with van der Waals surface area (Å²) >= 11 is 0. The molecule has 0 unspecified atom stereocenters. The molecule has 0 aliphatic heterocycles. The first-order valence-electron chi connectivity index (χ1n) is 5.02. The van der Waals surface area contributed by atoms with Gasteiger partial charge in [-0.15, -0.1) is 19.7 Å². The number of rotatable bonds is 7. The lowest BCUT2D eigenvalue weighted by atomic mass is 10.1. The van der Waals surface area contributed by atoms with Crippen molar-refractivity contribution in [2.75, 3.05) is 0 Å². The lowest BCUT2D eigenvalue weighted by molar-refractivity contribution is 0.611. The summed E-state index contributed by atoms with van der Waals surface area (Å²) in [6.07, 6.45) is 11.6. The van der Waals surface area contributed by atoms with Crippen LogP contribution in [0, 0.1) is 0 Å². The Morgan fingerprint density at radius 2 is 1.42 bits per heavy atom. The summed E-state index contributed by atoms with van der Waals surface area (Å²) in [5.41, 5.74) is 0. The molecule has 0 N–H and O–H groups in total. The van der Waals surface area contributed by atoms with Crippen LogP contribution < -0.4 is 0 Å². The second-order valence-electron chi connectivity index (χ2n) is 2.85. The fraction of sp³-hybridized carbons (Fsp3) is 0.667. The Labute approximate surface area is 78.4 Å². The minimum absolute atomic E-state index is 1.20. The number of hydrogen-bond acceptors (Lipinski definition) is 0. The molecular weight excluding hydrogens is 144 g/mol. The van der Waals surface area contributed by atoms with Crippen LogP contribution >= 0.6 is 0 Å². The van der Waals surface area contributed by atoms with Crippen molar-refractivity contribution >= 4 is 0 Å². The zero-order chi connectivity index (χ0) is 9.66. The lowest BCUT2D eigenvalue weighted by Crippen LogP contribution is -1.76. The van der Waals surface area contributed by atoms with E-state index in [4.69, 9.17) is 0 Å². The third kappa shape index (κ3) is 16.2. The molecule has 0 saturated heterocycles. The summed E-state index contributed by atoms with van der Waals surface area (Å²) in [6, 6.07) is 0. The van der Waals surface area contributed by atoms with Gasteiger partial charge in [-0.3, -0.25) is 0 Å². The third-order valence-corrected chi connectivity index (χ3v) is 1.76. The molecule has 0 aliphatic rings. The smallest absolute Gasteiger partial charge is 0.0353 e. The van der Waals surface area contributed by atoms with Crippen LogP contribution in [0.1, 0.15) is 51.9 Å². The maximum Gasteiger partial charge on any atom is -0.0353 e. The van der Waals surface area contributed by atoms with E-state index in [1.807, 2.05) is 6.08 Å². The van der Waals surface area contributed by atoms with E-state index >= 15 is 0 Å². The minimum atomic E-state index is 1.20. The minimum Gasteiger partial charge on any atom is -0.106 e. The summed E-state index contributed by atoms with van der Waals surface area (Å²) in [7, 11) is 0. The van der Waals surface area contributed by atoms with E-state index in [0.717, 1.165) is 0 Å². The van der Waals surface area contributed by atoms with Crippen LogP contribution in [-0.2, 0) is 0 Å². The van der Waals surface area contributed by atoms with E-state index in [9.17, 15) is 0 Å². The molecule has 0 nitrogen and oxygen atoms in total. The van der Waals surface area contributed by atoms with Gasteiger partial charge in [-0.05, 0) is 12.8 Å². The first-order valence-corrected chi connectivity index (χ1v) is 5.02. The van der Waals surface area contributed by atoms with Crippen molar-refractivity contribution < 1.29 is 0 Å². The molecule has 0 saturated carbocycles. The number of unbranched alkanes of at least 4 members (excludes halogenated alkanes) is 6. The second-order valence-corrected chi connectivity index (χ2v) is 2.85. The Morgan fingerprint density at radius 1 is 0.917 bits per heavy atom. The van der Waals surface area contributed by atoms with E-state index in [0.29, 0.717) is 0 Å². The number of hydrogen-bond donors (Lipinski definition) is 0. The largest absolute Gasteiger partial charge is 0.106 e. The van der Waals surface area contributed by atoms with E-state index in [1.165, 1.54) is 44.9 Å². The van der Waals surface area contributed by atoms with Gasteiger partial charge < -0.3 is 0 Å². The van der Waals surface area contributed by atoms with Crippen molar-refractivity contribution in [1.82, 2.24) is 0 Å². The quantitative estimate of drug-likeness (QED) is 0.381. The highest BCUT2D eigenvalue weighted by atomic mass is 13.9. The standard InChI is InChI=1S/C10H20.C2H4/c1-3-5-7-9-10-8-6-4-2;1-2/h3H,1,4-10H2,2H3;1-2H2. The first-order chi connectivity index (χ1) is 5.91. The molecule has 0 aromatic heterocycles. The van der Waals surface area contributed by atoms with Gasteiger partial charge >= 0.3 is 0 Å². The topological polar surface area (TPSA) is 0 Å². The fourth-order valence-corrected chi connectivity index (χ4v) is 1.07. The van der Waals surface area contributed by atoms with Crippen molar-refractivity contribution in [1.29, 1.82) is 0 Å². The maximum absolute atomic E-state index is 3.69. The average molecular weight is 168 g/mol. The molecule has 0 heterocycles. The van der Waals surface area contributed by atoms with Gasteiger partial charge in [0.1, 0.15) is 0 Å². The molecule has 12 heavy (non-hydrogen) atoms. The van der Waals surface area contributed by atoms with Crippen LogP contribution in [0.5, 0.6) is 0 Å². The molecule has 0 bridgehead atoms. The Kier molecular flexibility index (Phi) is 19.7. The number of allylic oxidation sites excluding steroid dienone is 1. The fourth-order valence-electron chi connectivity index (χ4n) is 1.07. The molecule has 0 aromatic carbocycles. The van der Waals surface area contributed by atoms with Crippen LogP contribution in [0.4, 0.5) is 0 Å².